The van der Waals surface area contributed by atoms with Gasteiger partial charge in [-0.2, -0.15) is 4.31 Å². The molecule has 8 nitrogen and oxygen atoms in total. The van der Waals surface area contributed by atoms with Gasteiger partial charge in [-0.15, -0.1) is 0 Å². The van der Waals surface area contributed by atoms with Crippen LogP contribution in [0.2, 0.25) is 0 Å². The molecule has 0 saturated carbocycles. The molecule has 3 saturated heterocycles. The molecule has 184 valence electrons. The lowest BCUT2D eigenvalue weighted by atomic mass is 9.95. The third-order valence-corrected chi connectivity index (χ3v) is 9.34. The largest absolute Gasteiger partial charge is 0.381 e. The molecule has 0 radical (unpaired) electrons. The van der Waals surface area contributed by atoms with E-state index >= 15 is 0 Å². The van der Waals surface area contributed by atoms with Crippen molar-refractivity contribution in [3.05, 3.63) is 29.3 Å². The van der Waals surface area contributed by atoms with E-state index in [1.807, 2.05) is 26.0 Å². The van der Waals surface area contributed by atoms with Crippen LogP contribution in [0.3, 0.4) is 0 Å². The molecular weight excluding hydrogens is 442 g/mol. The van der Waals surface area contributed by atoms with Crippen molar-refractivity contribution in [2.75, 3.05) is 59.2 Å². The van der Waals surface area contributed by atoms with E-state index in [-0.39, 0.29) is 17.9 Å². The Kier molecular flexibility index (Phi) is 8.07. The van der Waals surface area contributed by atoms with Crippen LogP contribution in [0, 0.1) is 25.7 Å². The summed E-state index contributed by atoms with van der Waals surface area (Å²) in [6, 6.07) is 5.68. The van der Waals surface area contributed by atoms with Crippen molar-refractivity contribution in [3.63, 3.8) is 0 Å². The van der Waals surface area contributed by atoms with Crippen molar-refractivity contribution in [2.45, 2.75) is 44.0 Å². The molecule has 1 N–H and O–H groups in total. The highest BCUT2D eigenvalue weighted by molar-refractivity contribution is 7.89. The molecule has 1 aromatic rings. The second-order valence-corrected chi connectivity index (χ2v) is 11.4. The van der Waals surface area contributed by atoms with Crippen molar-refractivity contribution in [1.29, 1.82) is 0 Å². The lowest BCUT2D eigenvalue weighted by Crippen LogP contribution is -2.53. The Morgan fingerprint density at radius 3 is 2.42 bits per heavy atom. The van der Waals surface area contributed by atoms with Crippen LogP contribution in [0.15, 0.2) is 23.1 Å². The van der Waals surface area contributed by atoms with Gasteiger partial charge in [-0.3, -0.25) is 9.69 Å². The van der Waals surface area contributed by atoms with Gasteiger partial charge in [0.05, 0.1) is 24.7 Å². The Morgan fingerprint density at radius 2 is 1.79 bits per heavy atom. The minimum absolute atomic E-state index is 0.0377. The topological polar surface area (TPSA) is 88.2 Å². The van der Waals surface area contributed by atoms with Gasteiger partial charge < -0.3 is 14.8 Å². The van der Waals surface area contributed by atoms with Crippen molar-refractivity contribution in [2.24, 2.45) is 11.8 Å². The highest BCUT2D eigenvalue weighted by Gasteiger charge is 2.35. The number of carbonyl (C=O) groups excluding carboxylic acids is 1. The quantitative estimate of drug-likeness (QED) is 0.639. The van der Waals surface area contributed by atoms with Gasteiger partial charge in [0, 0.05) is 57.2 Å². The summed E-state index contributed by atoms with van der Waals surface area (Å²) in [6.45, 7) is 9.88. The monoisotopic (exact) mass is 479 g/mol. The van der Waals surface area contributed by atoms with Gasteiger partial charge in [-0.1, -0.05) is 17.7 Å². The molecule has 0 spiro atoms. The van der Waals surface area contributed by atoms with Gasteiger partial charge in [0.25, 0.3) is 0 Å². The van der Waals surface area contributed by atoms with Crippen LogP contribution < -0.4 is 5.32 Å². The van der Waals surface area contributed by atoms with E-state index in [1.54, 1.807) is 6.07 Å². The van der Waals surface area contributed by atoms with Gasteiger partial charge >= 0.3 is 0 Å². The number of morpholine rings is 1. The van der Waals surface area contributed by atoms with Gasteiger partial charge in [-0.25, -0.2) is 8.42 Å². The first kappa shape index (κ1) is 24.6. The average Bonchev–Trinajstić information content (AvgIpc) is 3.34. The highest BCUT2D eigenvalue weighted by atomic mass is 32.2. The molecule has 3 heterocycles. The van der Waals surface area contributed by atoms with E-state index in [1.165, 1.54) is 4.31 Å². The maximum absolute atomic E-state index is 13.1. The van der Waals surface area contributed by atoms with Crippen molar-refractivity contribution in [1.82, 2.24) is 14.5 Å². The van der Waals surface area contributed by atoms with Gasteiger partial charge in [-0.05, 0) is 44.7 Å². The number of piperidine rings is 1. The second-order valence-electron chi connectivity index (χ2n) is 9.53. The number of nitrogens with zero attached hydrogens (tertiary/aromatic N) is 2. The van der Waals surface area contributed by atoms with E-state index in [4.69, 9.17) is 9.47 Å². The summed E-state index contributed by atoms with van der Waals surface area (Å²) in [6.07, 6.45) is 2.11. The van der Waals surface area contributed by atoms with Crippen LogP contribution in [0.5, 0.6) is 0 Å². The zero-order valence-corrected chi connectivity index (χ0v) is 20.6. The van der Waals surface area contributed by atoms with E-state index in [0.717, 1.165) is 57.1 Å². The molecule has 1 aromatic carbocycles. The summed E-state index contributed by atoms with van der Waals surface area (Å²) in [5.41, 5.74) is 1.81. The molecule has 2 unspecified atom stereocenters. The van der Waals surface area contributed by atoms with Crippen molar-refractivity contribution < 1.29 is 22.7 Å². The number of sulfonamides is 1. The lowest BCUT2D eigenvalue weighted by molar-refractivity contribution is -0.126. The first-order valence-corrected chi connectivity index (χ1v) is 13.5. The summed E-state index contributed by atoms with van der Waals surface area (Å²) in [5, 5.41) is 3.18. The normalized spacial score (nSPS) is 24.6. The molecule has 0 aromatic heterocycles. The zero-order chi connectivity index (χ0) is 23.4. The van der Waals surface area contributed by atoms with Crippen molar-refractivity contribution >= 4 is 15.9 Å². The molecule has 3 aliphatic heterocycles. The average molecular weight is 480 g/mol. The number of benzene rings is 1. The smallest absolute Gasteiger partial charge is 0.243 e. The zero-order valence-electron chi connectivity index (χ0n) is 19.8. The Bertz CT molecular complexity index is 918. The fraction of sp³-hybridized carbons (Fsp3) is 0.708. The van der Waals surface area contributed by atoms with Gasteiger partial charge in [0.15, 0.2) is 0 Å². The van der Waals surface area contributed by atoms with Crippen LogP contribution >= 0.6 is 0 Å². The van der Waals surface area contributed by atoms with E-state index in [2.05, 4.69) is 10.2 Å². The minimum atomic E-state index is -3.54. The number of aryl methyl sites for hydroxylation is 2. The number of hydrogen-bond acceptors (Lipinski definition) is 6. The van der Waals surface area contributed by atoms with Crippen LogP contribution in [0.1, 0.15) is 30.4 Å². The van der Waals surface area contributed by atoms with Crippen LogP contribution in [-0.2, 0) is 24.3 Å². The number of carbonyl (C=O) groups is 1. The summed E-state index contributed by atoms with van der Waals surface area (Å²) >= 11 is 0. The summed E-state index contributed by atoms with van der Waals surface area (Å²) in [7, 11) is -3.54. The summed E-state index contributed by atoms with van der Waals surface area (Å²) in [5.74, 6) is 0.310. The highest BCUT2D eigenvalue weighted by Crippen LogP contribution is 2.27. The molecule has 1 amide bonds. The van der Waals surface area contributed by atoms with Gasteiger partial charge in [0.1, 0.15) is 0 Å². The number of nitrogens with one attached hydrogen (secondary N) is 1. The Labute approximate surface area is 197 Å². The maximum atomic E-state index is 13.1. The predicted octanol–water partition coefficient (Wildman–Crippen LogP) is 1.56. The lowest BCUT2D eigenvalue weighted by Gasteiger charge is -2.38. The van der Waals surface area contributed by atoms with Gasteiger partial charge in [0.2, 0.25) is 15.9 Å². The SMILES string of the molecule is Cc1ccc(S(=O)(=O)N2CCC(C(=O)NCC(C3CCOC3)N3CCOCC3)CC2)c(C)c1. The minimum Gasteiger partial charge on any atom is -0.381 e. The number of hydrogen-bond donors (Lipinski definition) is 1. The van der Waals surface area contributed by atoms with Crippen molar-refractivity contribution in [3.8, 4) is 0 Å². The van der Waals surface area contributed by atoms with Crippen LogP contribution in [0.25, 0.3) is 0 Å². The molecule has 33 heavy (non-hydrogen) atoms. The van der Waals surface area contributed by atoms with E-state index in [9.17, 15) is 13.2 Å². The van der Waals surface area contributed by atoms with E-state index < -0.39 is 10.0 Å². The molecular formula is C24H37N3O5S. The third kappa shape index (κ3) is 5.77. The fourth-order valence-electron chi connectivity index (χ4n) is 5.29. The Balaban J connectivity index is 1.32. The Hall–Kier alpha value is -1.52. The van der Waals surface area contributed by atoms with Crippen LogP contribution in [-0.4, -0.2) is 88.7 Å². The standard InChI is InChI=1S/C24H37N3O5S/c1-18-3-4-23(19(2)15-18)33(29,30)27-8-5-20(6-9-27)24(28)25-16-22(21-7-12-32-17-21)26-10-13-31-14-11-26/h3-4,15,20-22H,5-14,16-17H2,1-2H3,(H,25,28). The first-order valence-electron chi connectivity index (χ1n) is 12.1. The molecule has 2 atom stereocenters. The Morgan fingerprint density at radius 1 is 1.06 bits per heavy atom. The molecule has 3 aliphatic rings. The van der Waals surface area contributed by atoms with Crippen LogP contribution in [0.4, 0.5) is 0 Å². The molecule has 3 fully saturated rings. The van der Waals surface area contributed by atoms with E-state index in [0.29, 0.717) is 43.3 Å². The summed E-state index contributed by atoms with van der Waals surface area (Å²) in [4.78, 5) is 15.7. The molecule has 0 bridgehead atoms. The summed E-state index contributed by atoms with van der Waals surface area (Å²) < 4.78 is 38.9. The number of rotatable bonds is 7. The molecule has 9 heteroatoms. The fourth-order valence-corrected chi connectivity index (χ4v) is 6.97. The molecule has 0 aliphatic carbocycles. The first-order chi connectivity index (χ1) is 15.9. The third-order valence-electron chi connectivity index (χ3n) is 7.28. The number of amides is 1. The maximum Gasteiger partial charge on any atom is 0.243 e. The second kappa shape index (κ2) is 10.8. The number of ether oxygens (including phenoxy) is 2. The molecule has 4 rings (SSSR count). The predicted molar refractivity (Wildman–Crippen MR) is 126 cm³/mol.